The van der Waals surface area contributed by atoms with Crippen LogP contribution < -0.4 is 10.6 Å². The number of halogens is 4. The predicted molar refractivity (Wildman–Crippen MR) is 122 cm³/mol. The van der Waals surface area contributed by atoms with Gasteiger partial charge in [-0.15, -0.1) is 0 Å². The molecule has 1 saturated heterocycles. The Morgan fingerprint density at radius 2 is 1.89 bits per heavy atom. The first kappa shape index (κ1) is 25.5. The van der Waals surface area contributed by atoms with Gasteiger partial charge in [0.05, 0.1) is 18.3 Å². The summed E-state index contributed by atoms with van der Waals surface area (Å²) >= 11 is 0. The molecule has 3 aromatic rings. The molecule has 35 heavy (non-hydrogen) atoms. The number of H-pyrrole nitrogens is 1. The van der Waals surface area contributed by atoms with Crippen molar-refractivity contribution in [2.45, 2.75) is 18.1 Å². The van der Waals surface area contributed by atoms with E-state index in [9.17, 15) is 22.8 Å². The Morgan fingerprint density at radius 3 is 2.49 bits per heavy atom. The second-order valence-corrected chi connectivity index (χ2v) is 7.85. The van der Waals surface area contributed by atoms with E-state index in [1.165, 1.54) is 12.1 Å². The third kappa shape index (κ3) is 6.91. The number of pyridine rings is 1. The minimum absolute atomic E-state index is 0.250. The Bertz CT molecular complexity index is 1250. The molecule has 3 heterocycles. The van der Waals surface area contributed by atoms with Crippen LogP contribution in [0.4, 0.5) is 23.4 Å². The van der Waals surface area contributed by atoms with E-state index in [0.717, 1.165) is 34.9 Å². The maximum Gasteiger partial charge on any atom is 0.490 e. The van der Waals surface area contributed by atoms with Crippen LogP contribution in [0.1, 0.15) is 17.7 Å². The number of nitriles is 1. The van der Waals surface area contributed by atoms with E-state index in [-0.39, 0.29) is 5.82 Å². The van der Waals surface area contributed by atoms with Crippen LogP contribution in [0.15, 0.2) is 54.7 Å². The lowest BCUT2D eigenvalue weighted by atomic mass is 10.0. The number of nitrogens with zero attached hydrogens (tertiary/aromatic N) is 3. The van der Waals surface area contributed by atoms with E-state index in [1.807, 2.05) is 36.4 Å². The number of rotatable bonds is 4. The van der Waals surface area contributed by atoms with Gasteiger partial charge in [0.25, 0.3) is 0 Å². The highest BCUT2D eigenvalue weighted by molar-refractivity contribution is 5.73. The smallest absolute Gasteiger partial charge is 0.475 e. The minimum atomic E-state index is -5.08. The number of hydrogen-bond acceptors (Lipinski definition) is 5. The number of aromatic amines is 1. The summed E-state index contributed by atoms with van der Waals surface area (Å²) in [7, 11) is 0. The van der Waals surface area contributed by atoms with E-state index in [0.29, 0.717) is 13.0 Å². The Kier molecular flexibility index (Phi) is 7.56. The normalized spacial score (nSPS) is 17.7. The summed E-state index contributed by atoms with van der Waals surface area (Å²) in [6, 6.07) is 16.5. The summed E-state index contributed by atoms with van der Waals surface area (Å²) in [5, 5.41) is 16.3. The fourth-order valence-electron chi connectivity index (χ4n) is 3.33. The molecule has 11 heteroatoms. The van der Waals surface area contributed by atoms with Gasteiger partial charge >= 0.3 is 12.1 Å². The third-order valence-electron chi connectivity index (χ3n) is 5.19. The molecule has 1 atom stereocenters. The highest BCUT2D eigenvalue weighted by atomic mass is 19.4. The number of alkyl halides is 3. The maximum atomic E-state index is 13.0. The molecule has 1 fully saturated rings. The first-order chi connectivity index (χ1) is 16.5. The quantitative estimate of drug-likeness (QED) is 0.468. The van der Waals surface area contributed by atoms with Crippen molar-refractivity contribution in [1.82, 2.24) is 9.97 Å². The molecular formula is C24H21F4N5O2. The van der Waals surface area contributed by atoms with Crippen LogP contribution in [-0.4, -0.2) is 45.8 Å². The van der Waals surface area contributed by atoms with Crippen LogP contribution in [0.25, 0.3) is 23.4 Å². The second-order valence-electron chi connectivity index (χ2n) is 7.85. The standard InChI is InChI=1S/C22H20FN5.C2HF3O2/c23-18-4-1-16(2-5-18)3-6-19-13-17(9-11-26-19)20-7-8-21(27-20)28-12-10-22(25,14-24)15-28;3-2(4,5)1(6)7/h1-9,11,13,27H,10,12,15,25H2;(H,6,7)/b6-3+;/t22-;/m0./s1. The Morgan fingerprint density at radius 1 is 1.20 bits per heavy atom. The molecule has 4 N–H and O–H groups in total. The molecule has 1 aliphatic heterocycles. The molecule has 0 aliphatic carbocycles. The first-order valence-electron chi connectivity index (χ1n) is 10.3. The van der Waals surface area contributed by atoms with Gasteiger partial charge in [-0.25, -0.2) is 9.18 Å². The summed E-state index contributed by atoms with van der Waals surface area (Å²) in [4.78, 5) is 18.8. The Labute approximate surface area is 198 Å². The fraction of sp³-hybridized carbons (Fsp3) is 0.208. The zero-order valence-electron chi connectivity index (χ0n) is 18.3. The maximum absolute atomic E-state index is 13.0. The summed E-state index contributed by atoms with van der Waals surface area (Å²) in [6.45, 7) is 1.28. The minimum Gasteiger partial charge on any atom is -0.475 e. The number of nitrogens with one attached hydrogen (secondary N) is 1. The van der Waals surface area contributed by atoms with E-state index < -0.39 is 17.7 Å². The van der Waals surface area contributed by atoms with Crippen molar-refractivity contribution in [3.05, 3.63) is 71.8 Å². The number of carboxylic acids is 1. The molecule has 0 saturated carbocycles. The number of carbonyl (C=O) groups is 1. The van der Waals surface area contributed by atoms with Gasteiger partial charge in [-0.2, -0.15) is 18.4 Å². The number of hydrogen-bond donors (Lipinski definition) is 3. The van der Waals surface area contributed by atoms with Gasteiger partial charge in [0.15, 0.2) is 0 Å². The van der Waals surface area contributed by atoms with Gasteiger partial charge in [-0.1, -0.05) is 18.2 Å². The number of anilines is 1. The van der Waals surface area contributed by atoms with Gasteiger partial charge in [0, 0.05) is 24.0 Å². The Balaban J connectivity index is 0.000000429. The van der Waals surface area contributed by atoms with Crippen molar-refractivity contribution >= 4 is 23.9 Å². The summed E-state index contributed by atoms with van der Waals surface area (Å²) in [5.41, 5.74) is 8.99. The third-order valence-corrected chi connectivity index (χ3v) is 5.19. The van der Waals surface area contributed by atoms with Gasteiger partial charge < -0.3 is 20.7 Å². The van der Waals surface area contributed by atoms with Crippen molar-refractivity contribution in [2.75, 3.05) is 18.0 Å². The second kappa shape index (κ2) is 10.4. The largest absolute Gasteiger partial charge is 0.490 e. The summed E-state index contributed by atoms with van der Waals surface area (Å²) in [6.07, 6.45) is 1.14. The van der Waals surface area contributed by atoms with Crippen molar-refractivity contribution in [2.24, 2.45) is 5.73 Å². The monoisotopic (exact) mass is 487 g/mol. The summed E-state index contributed by atoms with van der Waals surface area (Å²) in [5.74, 6) is -2.05. The van der Waals surface area contributed by atoms with Crippen molar-refractivity contribution in [3.8, 4) is 17.3 Å². The van der Waals surface area contributed by atoms with Crippen LogP contribution in [-0.2, 0) is 4.79 Å². The van der Waals surface area contributed by atoms with E-state index in [1.54, 1.807) is 18.3 Å². The van der Waals surface area contributed by atoms with Crippen LogP contribution in [0.2, 0.25) is 0 Å². The molecule has 0 amide bonds. The van der Waals surface area contributed by atoms with E-state index >= 15 is 0 Å². The highest BCUT2D eigenvalue weighted by Gasteiger charge is 2.38. The molecule has 4 rings (SSSR count). The van der Waals surface area contributed by atoms with E-state index in [2.05, 4.69) is 20.9 Å². The van der Waals surface area contributed by atoms with Crippen LogP contribution in [0.3, 0.4) is 0 Å². The van der Waals surface area contributed by atoms with Crippen molar-refractivity contribution in [1.29, 1.82) is 5.26 Å². The molecule has 1 aliphatic rings. The van der Waals surface area contributed by atoms with E-state index in [4.69, 9.17) is 15.6 Å². The molecular weight excluding hydrogens is 466 g/mol. The van der Waals surface area contributed by atoms with Crippen LogP contribution in [0.5, 0.6) is 0 Å². The lowest BCUT2D eigenvalue weighted by Crippen LogP contribution is -2.41. The topological polar surface area (TPSA) is 119 Å². The zero-order valence-corrected chi connectivity index (χ0v) is 18.3. The average molecular weight is 487 g/mol. The van der Waals surface area contributed by atoms with Gasteiger partial charge in [-0.3, -0.25) is 4.98 Å². The predicted octanol–water partition coefficient (Wildman–Crippen LogP) is 4.45. The number of nitrogens with two attached hydrogens (primary N) is 1. The number of aromatic nitrogens is 2. The fourth-order valence-corrected chi connectivity index (χ4v) is 3.33. The first-order valence-corrected chi connectivity index (χ1v) is 10.3. The molecule has 7 nitrogen and oxygen atoms in total. The average Bonchev–Trinajstić information content (AvgIpc) is 3.46. The molecule has 0 unspecified atom stereocenters. The molecule has 0 radical (unpaired) electrons. The zero-order chi connectivity index (χ0) is 25.6. The molecule has 0 bridgehead atoms. The lowest BCUT2D eigenvalue weighted by Gasteiger charge is -2.18. The van der Waals surface area contributed by atoms with Crippen LogP contribution >= 0.6 is 0 Å². The number of benzene rings is 1. The molecule has 0 spiro atoms. The number of aliphatic carboxylic acids is 1. The van der Waals surface area contributed by atoms with Gasteiger partial charge in [0.2, 0.25) is 0 Å². The molecule has 2 aromatic heterocycles. The molecule has 182 valence electrons. The number of carboxylic acid groups (broad SMARTS) is 1. The summed E-state index contributed by atoms with van der Waals surface area (Å²) < 4.78 is 44.7. The lowest BCUT2D eigenvalue weighted by molar-refractivity contribution is -0.192. The van der Waals surface area contributed by atoms with Gasteiger partial charge in [-0.05, 0) is 54.5 Å². The van der Waals surface area contributed by atoms with Crippen molar-refractivity contribution in [3.63, 3.8) is 0 Å². The SMILES string of the molecule is N#C[C@@]1(N)CCN(c2ccc(-c3ccnc(/C=C/c4ccc(F)cc4)c3)[nH]2)C1.O=C(O)C(F)(F)F. The Hall–Kier alpha value is -4.17. The highest BCUT2D eigenvalue weighted by Crippen LogP contribution is 2.28. The molecule has 1 aromatic carbocycles. The van der Waals surface area contributed by atoms with Crippen molar-refractivity contribution < 1.29 is 27.5 Å². The van der Waals surface area contributed by atoms with Crippen LogP contribution in [0, 0.1) is 17.1 Å². The van der Waals surface area contributed by atoms with Gasteiger partial charge in [0.1, 0.15) is 17.2 Å².